The van der Waals surface area contributed by atoms with E-state index in [0.29, 0.717) is 13.1 Å². The third-order valence-electron chi connectivity index (χ3n) is 0.689. The Labute approximate surface area is 49.2 Å². The van der Waals surface area contributed by atoms with E-state index in [4.69, 9.17) is 10.8 Å². The minimum atomic E-state index is 0.638. The zero-order chi connectivity index (χ0) is 6.24. The molecule has 0 saturated carbocycles. The normalized spacial score (nSPS) is 10.6. The zero-order valence-corrected chi connectivity index (χ0v) is 4.80. The minimum absolute atomic E-state index is 0.638. The lowest BCUT2D eigenvalue weighted by atomic mass is 10.5. The van der Waals surface area contributed by atoms with Crippen LogP contribution in [0.15, 0.2) is 12.3 Å². The van der Waals surface area contributed by atoms with Gasteiger partial charge < -0.3 is 16.2 Å². The van der Waals surface area contributed by atoms with Gasteiger partial charge in [0.25, 0.3) is 0 Å². The van der Waals surface area contributed by atoms with Crippen LogP contribution in [0.1, 0.15) is 0 Å². The van der Waals surface area contributed by atoms with Crippen LogP contribution in [0.25, 0.3) is 0 Å². The topological polar surface area (TPSA) is 58.3 Å². The molecule has 0 bridgehead atoms. The Balaban J connectivity index is 2.72. The second kappa shape index (κ2) is 6.46. The lowest BCUT2D eigenvalue weighted by molar-refractivity contribution is 0.470. The van der Waals surface area contributed by atoms with Crippen LogP contribution in [-0.2, 0) is 0 Å². The molecule has 0 saturated heterocycles. The predicted molar refractivity (Wildman–Crippen MR) is 33.7 cm³/mol. The Morgan fingerprint density at radius 2 is 2.38 bits per heavy atom. The van der Waals surface area contributed by atoms with Crippen molar-refractivity contribution in [3.63, 3.8) is 0 Å². The van der Waals surface area contributed by atoms with E-state index in [1.807, 2.05) is 0 Å². The Morgan fingerprint density at radius 3 is 2.88 bits per heavy atom. The van der Waals surface area contributed by atoms with Gasteiger partial charge in [-0.1, -0.05) is 0 Å². The van der Waals surface area contributed by atoms with Crippen LogP contribution in [0.5, 0.6) is 0 Å². The molecule has 0 fully saturated rings. The van der Waals surface area contributed by atoms with Crippen LogP contribution < -0.4 is 11.1 Å². The summed E-state index contributed by atoms with van der Waals surface area (Å²) in [6.07, 6.45) is 2.64. The average Bonchev–Trinajstić information content (AvgIpc) is 1.81. The summed E-state index contributed by atoms with van der Waals surface area (Å²) >= 11 is 0. The predicted octanol–water partition coefficient (Wildman–Crippen LogP) is -0.394. The highest BCUT2D eigenvalue weighted by atomic mass is 16.2. The SMILES string of the molecule is NCCNCC=CO. The van der Waals surface area contributed by atoms with E-state index in [2.05, 4.69) is 5.32 Å². The standard InChI is InChI=1S/C5H12N2O/c6-2-4-7-3-1-5-8/h1,5,7-8H,2-4,6H2. The molecule has 0 radical (unpaired) electrons. The molecule has 0 amide bonds. The molecule has 0 aromatic rings. The highest BCUT2D eigenvalue weighted by Crippen LogP contribution is 1.61. The summed E-state index contributed by atoms with van der Waals surface area (Å²) in [6.45, 7) is 2.12. The smallest absolute Gasteiger partial charge is 0.0764 e. The molecule has 0 spiro atoms. The lowest BCUT2D eigenvalue weighted by Gasteiger charge is -1.93. The van der Waals surface area contributed by atoms with Crippen LogP contribution >= 0.6 is 0 Å². The highest BCUT2D eigenvalue weighted by molar-refractivity contribution is 4.73. The number of nitrogens with two attached hydrogens (primary N) is 1. The van der Waals surface area contributed by atoms with E-state index in [1.165, 1.54) is 0 Å². The molecule has 0 unspecified atom stereocenters. The first-order valence-electron chi connectivity index (χ1n) is 2.62. The van der Waals surface area contributed by atoms with Crippen molar-refractivity contribution in [2.75, 3.05) is 19.6 Å². The van der Waals surface area contributed by atoms with Crippen molar-refractivity contribution < 1.29 is 5.11 Å². The summed E-state index contributed by atoms with van der Waals surface area (Å²) in [7, 11) is 0. The maximum Gasteiger partial charge on any atom is 0.0764 e. The lowest BCUT2D eigenvalue weighted by Crippen LogP contribution is -2.22. The van der Waals surface area contributed by atoms with Crippen LogP contribution in [0.4, 0.5) is 0 Å². The average molecular weight is 116 g/mol. The summed E-state index contributed by atoms with van der Waals surface area (Å²) in [5.41, 5.74) is 5.16. The van der Waals surface area contributed by atoms with Crippen molar-refractivity contribution >= 4 is 0 Å². The quantitative estimate of drug-likeness (QED) is 0.346. The van der Waals surface area contributed by atoms with Gasteiger partial charge in [-0.3, -0.25) is 0 Å². The minimum Gasteiger partial charge on any atom is -0.516 e. The van der Waals surface area contributed by atoms with E-state index in [1.54, 1.807) is 6.08 Å². The molecule has 0 heterocycles. The van der Waals surface area contributed by atoms with E-state index >= 15 is 0 Å². The summed E-state index contributed by atoms with van der Waals surface area (Å²) in [4.78, 5) is 0. The largest absolute Gasteiger partial charge is 0.516 e. The van der Waals surface area contributed by atoms with Gasteiger partial charge in [-0.2, -0.15) is 0 Å². The number of aliphatic hydroxyl groups is 1. The third kappa shape index (κ3) is 5.46. The number of nitrogens with one attached hydrogen (secondary N) is 1. The molecule has 8 heavy (non-hydrogen) atoms. The Morgan fingerprint density at radius 1 is 1.62 bits per heavy atom. The van der Waals surface area contributed by atoms with Crippen LogP contribution in [0.2, 0.25) is 0 Å². The second-order valence-corrected chi connectivity index (χ2v) is 1.38. The summed E-state index contributed by atoms with van der Waals surface area (Å²) < 4.78 is 0. The second-order valence-electron chi connectivity index (χ2n) is 1.38. The fourth-order valence-corrected chi connectivity index (χ4v) is 0.340. The Bertz CT molecular complexity index is 63.4. The zero-order valence-electron chi connectivity index (χ0n) is 4.80. The number of aliphatic hydroxyl groups excluding tert-OH is 1. The molecule has 3 heteroatoms. The van der Waals surface area contributed by atoms with Gasteiger partial charge in [-0.15, -0.1) is 0 Å². The van der Waals surface area contributed by atoms with Crippen molar-refractivity contribution in [1.29, 1.82) is 0 Å². The molecular weight excluding hydrogens is 104 g/mol. The number of rotatable bonds is 4. The first-order chi connectivity index (χ1) is 3.91. The van der Waals surface area contributed by atoms with Gasteiger partial charge in [0.05, 0.1) is 6.26 Å². The molecule has 4 N–H and O–H groups in total. The fourth-order valence-electron chi connectivity index (χ4n) is 0.340. The van der Waals surface area contributed by atoms with Gasteiger partial charge in [-0.25, -0.2) is 0 Å². The Kier molecular flexibility index (Phi) is 6.02. The first-order valence-corrected chi connectivity index (χ1v) is 2.62. The highest BCUT2D eigenvalue weighted by Gasteiger charge is 1.75. The molecule has 0 aromatic carbocycles. The molecule has 48 valence electrons. The Hall–Kier alpha value is -0.540. The third-order valence-corrected chi connectivity index (χ3v) is 0.689. The molecule has 3 nitrogen and oxygen atoms in total. The van der Waals surface area contributed by atoms with Crippen molar-refractivity contribution in [3.8, 4) is 0 Å². The molecule has 0 atom stereocenters. The van der Waals surface area contributed by atoms with Crippen LogP contribution in [0, 0.1) is 0 Å². The molecular formula is C5H12N2O. The van der Waals surface area contributed by atoms with E-state index in [9.17, 15) is 0 Å². The van der Waals surface area contributed by atoms with Crippen molar-refractivity contribution in [2.24, 2.45) is 5.73 Å². The van der Waals surface area contributed by atoms with Gasteiger partial charge in [-0.05, 0) is 6.08 Å². The van der Waals surface area contributed by atoms with Gasteiger partial charge in [0.2, 0.25) is 0 Å². The van der Waals surface area contributed by atoms with Gasteiger partial charge >= 0.3 is 0 Å². The molecule has 0 aliphatic rings. The molecule has 0 aliphatic heterocycles. The fraction of sp³-hybridized carbons (Fsp3) is 0.600. The van der Waals surface area contributed by atoms with Gasteiger partial charge in [0.1, 0.15) is 0 Å². The van der Waals surface area contributed by atoms with E-state index in [-0.39, 0.29) is 0 Å². The van der Waals surface area contributed by atoms with E-state index < -0.39 is 0 Å². The van der Waals surface area contributed by atoms with Crippen LogP contribution in [0.3, 0.4) is 0 Å². The monoisotopic (exact) mass is 116 g/mol. The number of hydrogen-bond acceptors (Lipinski definition) is 3. The maximum absolute atomic E-state index is 8.11. The molecule has 0 aliphatic carbocycles. The number of hydrogen-bond donors (Lipinski definition) is 3. The van der Waals surface area contributed by atoms with Crippen LogP contribution in [-0.4, -0.2) is 24.7 Å². The van der Waals surface area contributed by atoms with E-state index in [0.717, 1.165) is 12.8 Å². The molecule has 0 aromatic heterocycles. The summed E-state index contributed by atoms with van der Waals surface area (Å²) in [5.74, 6) is 0. The van der Waals surface area contributed by atoms with Gasteiger partial charge in [0.15, 0.2) is 0 Å². The first kappa shape index (κ1) is 7.46. The van der Waals surface area contributed by atoms with Crippen molar-refractivity contribution in [2.45, 2.75) is 0 Å². The van der Waals surface area contributed by atoms with Crippen molar-refractivity contribution in [1.82, 2.24) is 5.32 Å². The summed E-state index contributed by atoms with van der Waals surface area (Å²) in [5, 5.41) is 11.1. The van der Waals surface area contributed by atoms with Gasteiger partial charge in [0, 0.05) is 19.6 Å². The summed E-state index contributed by atoms with van der Waals surface area (Å²) in [6, 6.07) is 0. The molecule has 0 rings (SSSR count). The maximum atomic E-state index is 8.11. The van der Waals surface area contributed by atoms with Crippen molar-refractivity contribution in [3.05, 3.63) is 12.3 Å².